The van der Waals surface area contributed by atoms with E-state index in [0.717, 1.165) is 12.1 Å². The Morgan fingerprint density at radius 3 is 2.31 bits per heavy atom. The summed E-state index contributed by atoms with van der Waals surface area (Å²) in [5.41, 5.74) is 6.91. The number of methoxy groups -OCH3 is 1. The van der Waals surface area contributed by atoms with Crippen LogP contribution in [0.15, 0.2) is 71.6 Å². The van der Waals surface area contributed by atoms with Crippen molar-refractivity contribution < 1.29 is 41.0 Å². The molecule has 3 atom stereocenters. The number of carbonyl (C=O) groups is 1. The second kappa shape index (κ2) is 12.7. The van der Waals surface area contributed by atoms with E-state index in [-0.39, 0.29) is 35.0 Å². The lowest BCUT2D eigenvalue weighted by Gasteiger charge is -2.28. The van der Waals surface area contributed by atoms with Crippen LogP contribution in [-0.2, 0) is 20.8 Å². The third-order valence-corrected chi connectivity index (χ3v) is 9.18. The molecule has 1 aliphatic heterocycles. The summed E-state index contributed by atoms with van der Waals surface area (Å²) in [6.45, 7) is 1.91. The number of aliphatic hydroxyl groups excluding tert-OH is 1. The average Bonchev–Trinajstić information content (AvgIpc) is 3.35. The van der Waals surface area contributed by atoms with Gasteiger partial charge >= 0.3 is 6.18 Å². The summed E-state index contributed by atoms with van der Waals surface area (Å²) in [6.07, 6.45) is -4.27. The normalized spacial score (nSPS) is 18.2. The first kappa shape index (κ1) is 31.3. The minimum Gasteiger partial charge on any atom is -0.489 e. The van der Waals surface area contributed by atoms with Crippen LogP contribution >= 0.6 is 0 Å². The van der Waals surface area contributed by atoms with Crippen molar-refractivity contribution in [2.45, 2.75) is 42.5 Å². The Morgan fingerprint density at radius 2 is 1.76 bits per heavy atom. The van der Waals surface area contributed by atoms with Gasteiger partial charge in [-0.2, -0.15) is 13.2 Å². The molecule has 1 heterocycles. The van der Waals surface area contributed by atoms with E-state index in [1.54, 1.807) is 44.4 Å². The van der Waals surface area contributed by atoms with Gasteiger partial charge in [0.05, 0.1) is 42.0 Å². The van der Waals surface area contributed by atoms with Crippen LogP contribution in [0.4, 0.5) is 18.9 Å². The first-order chi connectivity index (χ1) is 19.9. The molecule has 3 N–H and O–H groups in total. The predicted molar refractivity (Wildman–Crippen MR) is 152 cm³/mol. The number of nitrogens with zero attached hydrogens (tertiary/aromatic N) is 1. The largest absolute Gasteiger partial charge is 0.489 e. The van der Waals surface area contributed by atoms with Crippen molar-refractivity contribution in [3.05, 3.63) is 89.0 Å². The summed E-state index contributed by atoms with van der Waals surface area (Å²) in [5.74, 6) is -1.09. The second-order valence-electron chi connectivity index (χ2n) is 10.1. The van der Waals surface area contributed by atoms with Crippen molar-refractivity contribution in [3.8, 4) is 5.75 Å². The molecule has 42 heavy (non-hydrogen) atoms. The zero-order valence-electron chi connectivity index (χ0n) is 23.2. The number of amides is 1. The number of rotatable bonds is 11. The fraction of sp³-hybridized carbons (Fsp3) is 0.367. The van der Waals surface area contributed by atoms with Gasteiger partial charge in [-0.1, -0.05) is 19.1 Å². The van der Waals surface area contributed by atoms with E-state index in [0.29, 0.717) is 42.1 Å². The molecule has 0 spiro atoms. The number of sulfone groups is 1. The Hall–Kier alpha value is -3.61. The van der Waals surface area contributed by atoms with Crippen molar-refractivity contribution >= 4 is 21.4 Å². The SMILES string of the molecule is CCS(=O)(=O)c1ccc([C@@H](CO)c2cc(N3C[C@H](Oc4ccc(C(F)(F)F)cc4)C[C@H]3COC)ccc2C(N)=O)cc1. The Bertz CT molecular complexity index is 1490. The Labute approximate surface area is 242 Å². The number of benzene rings is 3. The lowest BCUT2D eigenvalue weighted by molar-refractivity contribution is -0.137. The molecule has 0 saturated carbocycles. The van der Waals surface area contributed by atoms with Crippen molar-refractivity contribution in [2.24, 2.45) is 5.73 Å². The quantitative estimate of drug-likeness (QED) is 0.332. The van der Waals surface area contributed by atoms with E-state index in [2.05, 4.69) is 0 Å². The van der Waals surface area contributed by atoms with E-state index < -0.39 is 33.4 Å². The van der Waals surface area contributed by atoms with Crippen LogP contribution in [0.1, 0.15) is 46.3 Å². The average molecular weight is 607 g/mol. The van der Waals surface area contributed by atoms with Gasteiger partial charge < -0.3 is 25.2 Å². The molecule has 1 amide bonds. The third-order valence-electron chi connectivity index (χ3n) is 7.43. The van der Waals surface area contributed by atoms with Crippen LogP contribution < -0.4 is 15.4 Å². The maximum absolute atomic E-state index is 13.0. The van der Waals surface area contributed by atoms with E-state index in [9.17, 15) is 31.5 Å². The van der Waals surface area contributed by atoms with Crippen molar-refractivity contribution in [1.82, 2.24) is 0 Å². The Morgan fingerprint density at radius 1 is 1.10 bits per heavy atom. The third kappa shape index (κ3) is 6.88. The van der Waals surface area contributed by atoms with Gasteiger partial charge in [0.15, 0.2) is 9.84 Å². The highest BCUT2D eigenvalue weighted by Gasteiger charge is 2.35. The van der Waals surface area contributed by atoms with Crippen molar-refractivity contribution in [3.63, 3.8) is 0 Å². The summed E-state index contributed by atoms with van der Waals surface area (Å²) in [6, 6.07) is 15.6. The number of hydrogen-bond donors (Lipinski definition) is 2. The number of hydrogen-bond acceptors (Lipinski definition) is 7. The number of halogens is 3. The molecule has 1 saturated heterocycles. The van der Waals surface area contributed by atoms with Gasteiger partial charge in [-0.05, 0) is 65.7 Å². The van der Waals surface area contributed by atoms with Gasteiger partial charge in [-0.3, -0.25) is 4.79 Å². The summed E-state index contributed by atoms with van der Waals surface area (Å²) in [7, 11) is -1.85. The maximum atomic E-state index is 13.0. The Balaban J connectivity index is 1.64. The minimum atomic E-state index is -4.44. The number of alkyl halides is 3. The molecule has 3 aromatic rings. The molecule has 0 radical (unpaired) electrons. The molecule has 8 nitrogen and oxygen atoms in total. The van der Waals surface area contributed by atoms with Crippen LogP contribution in [-0.4, -0.2) is 64.2 Å². The van der Waals surface area contributed by atoms with E-state index in [4.69, 9.17) is 15.2 Å². The maximum Gasteiger partial charge on any atom is 0.416 e. The molecule has 1 fully saturated rings. The van der Waals surface area contributed by atoms with Crippen molar-refractivity contribution in [1.29, 1.82) is 0 Å². The van der Waals surface area contributed by atoms with Gasteiger partial charge in [0, 0.05) is 30.7 Å². The fourth-order valence-corrected chi connectivity index (χ4v) is 6.12. The van der Waals surface area contributed by atoms with Gasteiger partial charge in [0.25, 0.3) is 0 Å². The molecular weight excluding hydrogens is 573 g/mol. The van der Waals surface area contributed by atoms with E-state index in [1.807, 2.05) is 4.90 Å². The van der Waals surface area contributed by atoms with Gasteiger partial charge in [0.1, 0.15) is 11.9 Å². The molecule has 12 heteroatoms. The predicted octanol–water partition coefficient (Wildman–Crippen LogP) is 4.39. The van der Waals surface area contributed by atoms with Crippen LogP contribution in [0.2, 0.25) is 0 Å². The highest BCUT2D eigenvalue weighted by Crippen LogP contribution is 2.35. The summed E-state index contributed by atoms with van der Waals surface area (Å²) >= 11 is 0. The first-order valence-electron chi connectivity index (χ1n) is 13.3. The van der Waals surface area contributed by atoms with Gasteiger partial charge in [-0.25, -0.2) is 8.42 Å². The highest BCUT2D eigenvalue weighted by atomic mass is 32.2. The molecule has 1 aliphatic rings. The molecule has 0 aliphatic carbocycles. The standard InChI is InChI=1S/C30H33F3N2O6S/c1-3-42(38,39)25-11-4-19(5-12-25)28(17-36)27-15-21(8-13-26(27)29(34)37)35-16-24(14-22(35)18-40-2)41-23-9-6-20(7-10-23)30(31,32)33/h4-13,15,22,24,28,36H,3,14,16-18H2,1-2H3,(H2,34,37)/t22-,24+,28+/m0/s1. The first-order valence-corrected chi connectivity index (χ1v) is 15.0. The monoisotopic (exact) mass is 606 g/mol. The number of carbonyl (C=O) groups excluding carboxylic acids is 1. The number of ether oxygens (including phenoxy) is 2. The van der Waals surface area contributed by atoms with Crippen molar-refractivity contribution in [2.75, 3.05) is 37.5 Å². The lowest BCUT2D eigenvalue weighted by atomic mass is 9.88. The number of primary amides is 1. The van der Waals surface area contributed by atoms with Crippen LogP contribution in [0.5, 0.6) is 5.75 Å². The van der Waals surface area contributed by atoms with Crippen LogP contribution in [0.3, 0.4) is 0 Å². The van der Waals surface area contributed by atoms with Gasteiger partial charge in [-0.15, -0.1) is 0 Å². The molecule has 0 aromatic heterocycles. The molecule has 0 unspecified atom stereocenters. The molecule has 3 aromatic carbocycles. The minimum absolute atomic E-state index is 0.0499. The summed E-state index contributed by atoms with van der Waals surface area (Å²) in [4.78, 5) is 14.6. The van der Waals surface area contributed by atoms with E-state index >= 15 is 0 Å². The zero-order valence-corrected chi connectivity index (χ0v) is 24.0. The highest BCUT2D eigenvalue weighted by molar-refractivity contribution is 7.91. The number of nitrogens with two attached hydrogens (primary N) is 1. The molecule has 226 valence electrons. The van der Waals surface area contributed by atoms with E-state index in [1.165, 1.54) is 24.3 Å². The fourth-order valence-electron chi connectivity index (χ4n) is 5.24. The summed E-state index contributed by atoms with van der Waals surface area (Å²) in [5, 5.41) is 10.4. The van der Waals surface area contributed by atoms with Crippen LogP contribution in [0.25, 0.3) is 0 Å². The van der Waals surface area contributed by atoms with Crippen LogP contribution in [0, 0.1) is 0 Å². The Kier molecular flexibility index (Phi) is 9.49. The number of aliphatic hydroxyl groups is 1. The molecule has 0 bridgehead atoms. The smallest absolute Gasteiger partial charge is 0.416 e. The topological polar surface area (TPSA) is 119 Å². The molecular formula is C30H33F3N2O6S. The second-order valence-corrected chi connectivity index (χ2v) is 12.4. The zero-order chi connectivity index (χ0) is 30.7. The van der Waals surface area contributed by atoms with Gasteiger partial charge in [0.2, 0.25) is 5.91 Å². The molecule has 4 rings (SSSR count). The number of anilines is 1. The summed E-state index contributed by atoms with van der Waals surface area (Å²) < 4.78 is 74.8. The lowest BCUT2D eigenvalue weighted by Crippen LogP contribution is -2.33.